The van der Waals surface area contributed by atoms with Gasteiger partial charge in [0, 0.05) is 10.6 Å². The lowest BCUT2D eigenvalue weighted by molar-refractivity contribution is -0.159. The second-order valence-corrected chi connectivity index (χ2v) is 6.80. The predicted octanol–water partition coefficient (Wildman–Crippen LogP) is 3.09. The van der Waals surface area contributed by atoms with E-state index in [1.165, 1.54) is 36.4 Å². The summed E-state index contributed by atoms with van der Waals surface area (Å²) in [6.45, 7) is 1.05. The van der Waals surface area contributed by atoms with Crippen molar-refractivity contribution in [3.8, 4) is 0 Å². The van der Waals surface area contributed by atoms with E-state index in [0.29, 0.717) is 6.04 Å². The molecule has 1 aromatic rings. The molecule has 0 fully saturated rings. The summed E-state index contributed by atoms with van der Waals surface area (Å²) in [7, 11) is 0. The van der Waals surface area contributed by atoms with E-state index in [1.54, 1.807) is 10.6 Å². The van der Waals surface area contributed by atoms with Gasteiger partial charge in [0.1, 0.15) is 0 Å². The number of aliphatic imine (C=N–C) groups is 1. The number of hydrogen-bond acceptors (Lipinski definition) is 5. The molecule has 2 N–H and O–H groups in total. The van der Waals surface area contributed by atoms with E-state index in [9.17, 15) is 0 Å². The number of nitrogens with zero attached hydrogens (tertiary/aromatic N) is 2. The van der Waals surface area contributed by atoms with Crippen molar-refractivity contribution < 1.29 is 19.8 Å². The highest BCUT2D eigenvalue weighted by Gasteiger charge is 2.36. The number of carbonyl (C=O) groups is 2. The third-order valence-electron chi connectivity index (χ3n) is 4.15. The molecular formula is C17H18N2O4S. The second-order valence-electron chi connectivity index (χ2n) is 5.74. The van der Waals surface area contributed by atoms with E-state index in [4.69, 9.17) is 24.8 Å². The summed E-state index contributed by atoms with van der Waals surface area (Å²) < 4.78 is 0. The molecule has 1 aliphatic carbocycles. The highest BCUT2D eigenvalue weighted by Crippen LogP contribution is 2.46. The number of hydrogen-bond donors (Lipinski definition) is 2. The number of amidine groups is 1. The molecule has 2 heterocycles. The van der Waals surface area contributed by atoms with Gasteiger partial charge in [0.25, 0.3) is 0 Å². The molecule has 2 aliphatic heterocycles. The van der Waals surface area contributed by atoms with Crippen molar-refractivity contribution in [1.82, 2.24) is 4.90 Å². The van der Waals surface area contributed by atoms with Crippen molar-refractivity contribution in [3.63, 3.8) is 0 Å². The van der Waals surface area contributed by atoms with E-state index < -0.39 is 11.9 Å². The van der Waals surface area contributed by atoms with Crippen molar-refractivity contribution in [2.45, 2.75) is 31.7 Å². The van der Waals surface area contributed by atoms with Gasteiger partial charge in [-0.3, -0.25) is 4.99 Å². The minimum atomic E-state index is -1.82. The smallest absolute Gasteiger partial charge is 0.414 e. The standard InChI is InChI=1S/C15H16N2S.C2H2O4/c1-2-6-11(7-3-1)12-10-17-13-8-4-5-9-14(13)18-15(17)16-12;3-1(4)2(5)6/h1-3,6-7,12H,4-5,8-10H2;(H,3,4)(H,5,6). The maximum atomic E-state index is 9.10. The molecule has 0 aromatic heterocycles. The lowest BCUT2D eigenvalue weighted by Gasteiger charge is -2.21. The van der Waals surface area contributed by atoms with Crippen molar-refractivity contribution >= 4 is 28.9 Å². The number of benzene rings is 1. The molecule has 3 aliphatic rings. The number of thioether (sulfide) groups is 1. The average Bonchev–Trinajstić information content (AvgIpc) is 3.14. The Bertz CT molecular complexity index is 703. The molecule has 1 aromatic carbocycles. The Morgan fingerprint density at radius 2 is 1.75 bits per heavy atom. The van der Waals surface area contributed by atoms with Crippen LogP contribution in [0.25, 0.3) is 0 Å². The lowest BCUT2D eigenvalue weighted by Crippen LogP contribution is -2.22. The monoisotopic (exact) mass is 346 g/mol. The van der Waals surface area contributed by atoms with Gasteiger partial charge in [-0.15, -0.1) is 0 Å². The van der Waals surface area contributed by atoms with Gasteiger partial charge in [0.2, 0.25) is 0 Å². The van der Waals surface area contributed by atoms with Crippen molar-refractivity contribution in [2.75, 3.05) is 6.54 Å². The third kappa shape index (κ3) is 3.46. The molecule has 0 saturated carbocycles. The minimum Gasteiger partial charge on any atom is -0.473 e. The van der Waals surface area contributed by atoms with Crippen LogP contribution < -0.4 is 0 Å². The molecule has 4 rings (SSSR count). The summed E-state index contributed by atoms with van der Waals surface area (Å²) in [5.74, 6) is -3.65. The number of aliphatic carboxylic acids is 2. The first-order chi connectivity index (χ1) is 11.6. The fourth-order valence-corrected chi connectivity index (χ4v) is 4.30. The third-order valence-corrected chi connectivity index (χ3v) is 5.34. The topological polar surface area (TPSA) is 90.2 Å². The van der Waals surface area contributed by atoms with Gasteiger partial charge in [0.15, 0.2) is 5.17 Å². The fraction of sp³-hybridized carbons (Fsp3) is 0.353. The van der Waals surface area contributed by atoms with Crippen LogP contribution in [-0.4, -0.2) is 38.8 Å². The summed E-state index contributed by atoms with van der Waals surface area (Å²) in [6.07, 6.45) is 5.22. The maximum Gasteiger partial charge on any atom is 0.414 e. The number of fused-ring (bicyclic) bond motifs is 2. The van der Waals surface area contributed by atoms with E-state index in [1.807, 2.05) is 11.8 Å². The van der Waals surface area contributed by atoms with E-state index in [2.05, 4.69) is 35.2 Å². The zero-order chi connectivity index (χ0) is 17.1. The number of rotatable bonds is 1. The summed E-state index contributed by atoms with van der Waals surface area (Å²) in [5, 5.41) is 16.0. The van der Waals surface area contributed by atoms with Crippen LogP contribution in [0.5, 0.6) is 0 Å². The molecule has 1 atom stereocenters. The van der Waals surface area contributed by atoms with Crippen molar-refractivity contribution in [1.29, 1.82) is 0 Å². The summed E-state index contributed by atoms with van der Waals surface area (Å²) in [6, 6.07) is 11.0. The van der Waals surface area contributed by atoms with Gasteiger partial charge < -0.3 is 15.1 Å². The Kier molecular flexibility index (Phi) is 4.89. The first-order valence-electron chi connectivity index (χ1n) is 7.82. The van der Waals surface area contributed by atoms with Crippen LogP contribution in [0.2, 0.25) is 0 Å². The summed E-state index contributed by atoms with van der Waals surface area (Å²) in [4.78, 5) is 27.2. The van der Waals surface area contributed by atoms with Crippen LogP contribution in [-0.2, 0) is 9.59 Å². The van der Waals surface area contributed by atoms with Gasteiger partial charge in [-0.2, -0.15) is 0 Å². The molecule has 0 spiro atoms. The number of carboxylic acid groups (broad SMARTS) is 2. The zero-order valence-electron chi connectivity index (χ0n) is 13.0. The molecule has 7 heteroatoms. The normalized spacial score (nSPS) is 21.4. The first kappa shape index (κ1) is 16.6. The zero-order valence-corrected chi connectivity index (χ0v) is 13.8. The quantitative estimate of drug-likeness (QED) is 0.760. The van der Waals surface area contributed by atoms with Crippen LogP contribution in [0.3, 0.4) is 0 Å². The minimum absolute atomic E-state index is 0.338. The highest BCUT2D eigenvalue weighted by molar-refractivity contribution is 8.17. The molecule has 1 unspecified atom stereocenters. The SMILES string of the molecule is O=C(O)C(=O)O.c1ccc(C2CN3C(=N2)SC2=C3CCCC2)cc1. The van der Waals surface area contributed by atoms with Gasteiger partial charge >= 0.3 is 11.9 Å². The predicted molar refractivity (Wildman–Crippen MR) is 91.7 cm³/mol. The van der Waals surface area contributed by atoms with Crippen LogP contribution in [0.15, 0.2) is 45.9 Å². The first-order valence-corrected chi connectivity index (χ1v) is 8.64. The number of allylic oxidation sites excluding steroid dienone is 2. The molecular weight excluding hydrogens is 328 g/mol. The fourth-order valence-electron chi connectivity index (χ4n) is 3.02. The Morgan fingerprint density at radius 3 is 2.42 bits per heavy atom. The largest absolute Gasteiger partial charge is 0.473 e. The second kappa shape index (κ2) is 7.09. The molecule has 0 amide bonds. The average molecular weight is 346 g/mol. The van der Waals surface area contributed by atoms with E-state index >= 15 is 0 Å². The molecule has 126 valence electrons. The van der Waals surface area contributed by atoms with E-state index in [-0.39, 0.29) is 0 Å². The van der Waals surface area contributed by atoms with Crippen LogP contribution in [0.1, 0.15) is 37.3 Å². The van der Waals surface area contributed by atoms with Gasteiger partial charge in [-0.05, 0) is 31.2 Å². The van der Waals surface area contributed by atoms with Crippen molar-refractivity contribution in [2.24, 2.45) is 4.99 Å². The Balaban J connectivity index is 0.000000246. The Morgan fingerprint density at radius 1 is 1.08 bits per heavy atom. The van der Waals surface area contributed by atoms with E-state index in [0.717, 1.165) is 6.54 Å². The van der Waals surface area contributed by atoms with Crippen LogP contribution in [0, 0.1) is 0 Å². The highest BCUT2D eigenvalue weighted by atomic mass is 32.2. The summed E-state index contributed by atoms with van der Waals surface area (Å²) >= 11 is 1.92. The van der Waals surface area contributed by atoms with Crippen LogP contribution in [0.4, 0.5) is 0 Å². The van der Waals surface area contributed by atoms with Crippen LogP contribution >= 0.6 is 11.8 Å². The van der Waals surface area contributed by atoms with Crippen molar-refractivity contribution in [3.05, 3.63) is 46.5 Å². The number of carboxylic acids is 2. The molecule has 0 radical (unpaired) electrons. The molecule has 24 heavy (non-hydrogen) atoms. The molecule has 0 bridgehead atoms. The molecule has 6 nitrogen and oxygen atoms in total. The Labute approximate surface area is 143 Å². The lowest BCUT2D eigenvalue weighted by atomic mass is 10.0. The molecule has 0 saturated heterocycles. The van der Waals surface area contributed by atoms with Gasteiger partial charge in [0.05, 0.1) is 12.6 Å². The maximum absolute atomic E-state index is 9.10. The Hall–Kier alpha value is -2.28. The summed E-state index contributed by atoms with van der Waals surface area (Å²) in [5.41, 5.74) is 2.92. The van der Waals surface area contributed by atoms with Gasteiger partial charge in [-0.25, -0.2) is 9.59 Å². The van der Waals surface area contributed by atoms with Gasteiger partial charge in [-0.1, -0.05) is 42.1 Å².